The van der Waals surface area contributed by atoms with Gasteiger partial charge in [-0.3, -0.25) is 0 Å². The van der Waals surface area contributed by atoms with Crippen LogP contribution in [-0.4, -0.2) is 10.2 Å². The van der Waals surface area contributed by atoms with Gasteiger partial charge in [0.15, 0.2) is 0 Å². The van der Waals surface area contributed by atoms with Crippen molar-refractivity contribution in [1.29, 1.82) is 0 Å². The molecule has 20 heavy (non-hydrogen) atoms. The van der Waals surface area contributed by atoms with Gasteiger partial charge in [-0.15, -0.1) is 0 Å². The molecule has 0 saturated carbocycles. The third-order valence-corrected chi connectivity index (χ3v) is 3.26. The van der Waals surface area contributed by atoms with Crippen LogP contribution in [0.3, 0.4) is 0 Å². The first kappa shape index (κ1) is 13.9. The summed E-state index contributed by atoms with van der Waals surface area (Å²) in [6, 6.07) is 10.8. The predicted octanol–water partition coefficient (Wildman–Crippen LogP) is 4.83. The number of benzene rings is 2. The summed E-state index contributed by atoms with van der Waals surface area (Å²) in [5.74, 6) is 0.398. The lowest BCUT2D eigenvalue weighted by Crippen LogP contribution is -1.87. The number of hydrogen-bond donors (Lipinski definition) is 2. The van der Waals surface area contributed by atoms with Crippen LogP contribution in [0.4, 0.5) is 0 Å². The Hall–Kier alpha value is -2.48. The van der Waals surface area contributed by atoms with Crippen LogP contribution in [0.5, 0.6) is 11.5 Å². The average molecular weight is 266 g/mol. The molecular formula is C18H18O2. The van der Waals surface area contributed by atoms with Gasteiger partial charge in [-0.2, -0.15) is 0 Å². The zero-order valence-electron chi connectivity index (χ0n) is 11.8. The van der Waals surface area contributed by atoms with Crippen molar-refractivity contribution in [2.75, 3.05) is 0 Å². The first-order valence-electron chi connectivity index (χ1n) is 6.39. The Bertz CT molecular complexity index is 697. The molecule has 0 bridgehead atoms. The third kappa shape index (κ3) is 2.45. The second-order valence-electron chi connectivity index (χ2n) is 4.99. The standard InChI is InChI=1S/C18H18O2/c1-11(2)14-6-5-7-15(18(14)20)13-8-9-17(19)16(10-13)12(3)4/h5-10,19-20H,1,3H2,2,4H3. The maximum Gasteiger partial charge on any atom is 0.130 e. The number of phenolic OH excluding ortho intramolecular Hbond substituents is 2. The van der Waals surface area contributed by atoms with E-state index < -0.39 is 0 Å². The minimum absolute atomic E-state index is 0.191. The van der Waals surface area contributed by atoms with Gasteiger partial charge in [-0.25, -0.2) is 0 Å². The second kappa shape index (κ2) is 5.25. The Morgan fingerprint density at radius 1 is 0.900 bits per heavy atom. The van der Waals surface area contributed by atoms with Crippen molar-refractivity contribution in [2.24, 2.45) is 0 Å². The zero-order valence-corrected chi connectivity index (χ0v) is 11.8. The van der Waals surface area contributed by atoms with E-state index in [9.17, 15) is 10.2 Å². The van der Waals surface area contributed by atoms with Gasteiger partial charge in [0.1, 0.15) is 11.5 Å². The van der Waals surface area contributed by atoms with Crippen LogP contribution in [0.15, 0.2) is 49.6 Å². The minimum atomic E-state index is 0.191. The molecule has 2 rings (SSSR count). The lowest BCUT2D eigenvalue weighted by Gasteiger charge is -2.12. The van der Waals surface area contributed by atoms with E-state index in [-0.39, 0.29) is 11.5 Å². The SMILES string of the molecule is C=C(C)c1cc(-c2cccc(C(=C)C)c2O)ccc1O. The van der Waals surface area contributed by atoms with Crippen molar-refractivity contribution >= 4 is 11.1 Å². The van der Waals surface area contributed by atoms with Gasteiger partial charge in [0.2, 0.25) is 0 Å². The molecule has 0 aliphatic carbocycles. The van der Waals surface area contributed by atoms with Crippen LogP contribution in [-0.2, 0) is 0 Å². The van der Waals surface area contributed by atoms with Crippen LogP contribution in [0.2, 0.25) is 0 Å². The van der Waals surface area contributed by atoms with Crippen LogP contribution >= 0.6 is 0 Å². The highest BCUT2D eigenvalue weighted by atomic mass is 16.3. The molecule has 0 atom stereocenters. The van der Waals surface area contributed by atoms with E-state index in [1.807, 2.05) is 38.1 Å². The zero-order chi connectivity index (χ0) is 14.9. The monoisotopic (exact) mass is 266 g/mol. The van der Waals surface area contributed by atoms with E-state index >= 15 is 0 Å². The van der Waals surface area contributed by atoms with Crippen LogP contribution in [0.1, 0.15) is 25.0 Å². The molecular weight excluding hydrogens is 248 g/mol. The Morgan fingerprint density at radius 3 is 2.15 bits per heavy atom. The molecule has 2 N–H and O–H groups in total. The van der Waals surface area contributed by atoms with Gasteiger partial charge >= 0.3 is 0 Å². The lowest BCUT2D eigenvalue weighted by molar-refractivity contribution is 0.472. The quantitative estimate of drug-likeness (QED) is 0.835. The number of aromatic hydroxyl groups is 2. The third-order valence-electron chi connectivity index (χ3n) is 3.26. The van der Waals surface area contributed by atoms with E-state index in [0.717, 1.165) is 22.3 Å². The Morgan fingerprint density at radius 2 is 1.55 bits per heavy atom. The fourth-order valence-electron chi connectivity index (χ4n) is 2.17. The molecule has 0 aliphatic heterocycles. The topological polar surface area (TPSA) is 40.5 Å². The number of phenols is 2. The van der Waals surface area contributed by atoms with Gasteiger partial charge in [0, 0.05) is 16.7 Å². The molecule has 2 heteroatoms. The molecule has 0 saturated heterocycles. The van der Waals surface area contributed by atoms with E-state index in [1.165, 1.54) is 0 Å². The van der Waals surface area contributed by atoms with Crippen molar-refractivity contribution < 1.29 is 10.2 Å². The molecule has 0 spiro atoms. The van der Waals surface area contributed by atoms with Crippen LogP contribution < -0.4 is 0 Å². The first-order valence-corrected chi connectivity index (χ1v) is 6.39. The van der Waals surface area contributed by atoms with Crippen LogP contribution in [0, 0.1) is 0 Å². The molecule has 0 aliphatic rings. The number of rotatable bonds is 3. The number of hydrogen-bond acceptors (Lipinski definition) is 2. The van der Waals surface area contributed by atoms with Crippen molar-refractivity contribution in [3.05, 3.63) is 60.7 Å². The molecule has 0 radical (unpaired) electrons. The van der Waals surface area contributed by atoms with Crippen LogP contribution in [0.25, 0.3) is 22.3 Å². The van der Waals surface area contributed by atoms with E-state index in [1.54, 1.807) is 12.1 Å². The lowest BCUT2D eigenvalue weighted by atomic mass is 9.96. The fourth-order valence-corrected chi connectivity index (χ4v) is 2.17. The summed E-state index contributed by atoms with van der Waals surface area (Å²) in [5, 5.41) is 20.2. The summed E-state index contributed by atoms with van der Waals surface area (Å²) in [5.41, 5.74) is 4.55. The van der Waals surface area contributed by atoms with Gasteiger partial charge in [-0.1, -0.05) is 37.4 Å². The first-order chi connectivity index (χ1) is 9.41. The highest BCUT2D eigenvalue weighted by Crippen LogP contribution is 2.37. The van der Waals surface area contributed by atoms with Crippen molar-refractivity contribution in [1.82, 2.24) is 0 Å². The molecule has 0 unspecified atom stereocenters. The Labute approximate surface area is 119 Å². The largest absolute Gasteiger partial charge is 0.507 e. The Balaban J connectivity index is 2.63. The second-order valence-corrected chi connectivity index (χ2v) is 4.99. The number of allylic oxidation sites excluding steroid dienone is 2. The molecule has 0 heterocycles. The maximum absolute atomic E-state index is 10.4. The summed E-state index contributed by atoms with van der Waals surface area (Å²) in [7, 11) is 0. The van der Waals surface area contributed by atoms with E-state index in [2.05, 4.69) is 13.2 Å². The summed E-state index contributed by atoms with van der Waals surface area (Å²) in [6.07, 6.45) is 0. The van der Waals surface area contributed by atoms with Gasteiger partial charge in [0.05, 0.1) is 0 Å². The normalized spacial score (nSPS) is 10.3. The summed E-state index contributed by atoms with van der Waals surface area (Å²) < 4.78 is 0. The molecule has 2 aromatic carbocycles. The van der Waals surface area contributed by atoms with Gasteiger partial charge in [0.25, 0.3) is 0 Å². The molecule has 102 valence electrons. The van der Waals surface area contributed by atoms with Crippen molar-refractivity contribution in [2.45, 2.75) is 13.8 Å². The average Bonchev–Trinajstić information content (AvgIpc) is 2.39. The fraction of sp³-hybridized carbons (Fsp3) is 0.111. The van der Waals surface area contributed by atoms with Gasteiger partial charge < -0.3 is 10.2 Å². The summed E-state index contributed by atoms with van der Waals surface area (Å²) in [6.45, 7) is 11.4. The summed E-state index contributed by atoms with van der Waals surface area (Å²) in [4.78, 5) is 0. The molecule has 2 nitrogen and oxygen atoms in total. The minimum Gasteiger partial charge on any atom is -0.507 e. The highest BCUT2D eigenvalue weighted by molar-refractivity contribution is 5.81. The Kier molecular flexibility index (Phi) is 3.66. The van der Waals surface area contributed by atoms with Crippen molar-refractivity contribution in [3.63, 3.8) is 0 Å². The number of para-hydroxylation sites is 1. The van der Waals surface area contributed by atoms with Gasteiger partial charge in [-0.05, 0) is 42.7 Å². The van der Waals surface area contributed by atoms with E-state index in [0.29, 0.717) is 11.1 Å². The predicted molar refractivity (Wildman–Crippen MR) is 84.6 cm³/mol. The maximum atomic E-state index is 10.4. The molecule has 0 aromatic heterocycles. The van der Waals surface area contributed by atoms with E-state index in [4.69, 9.17) is 0 Å². The smallest absolute Gasteiger partial charge is 0.130 e. The summed E-state index contributed by atoms with van der Waals surface area (Å²) >= 11 is 0. The molecule has 0 fully saturated rings. The van der Waals surface area contributed by atoms with Crippen molar-refractivity contribution in [3.8, 4) is 22.6 Å². The highest BCUT2D eigenvalue weighted by Gasteiger charge is 2.11. The molecule has 0 amide bonds. The molecule has 2 aromatic rings.